The summed E-state index contributed by atoms with van der Waals surface area (Å²) in [5.41, 5.74) is 9.20. The van der Waals surface area contributed by atoms with Crippen LogP contribution in [0.4, 0.5) is 11.4 Å². The molecule has 3 aromatic carbocycles. The lowest BCUT2D eigenvalue weighted by Crippen LogP contribution is -2.21. The van der Waals surface area contributed by atoms with E-state index in [1.54, 1.807) is 0 Å². The van der Waals surface area contributed by atoms with Gasteiger partial charge in [0.05, 0.1) is 17.1 Å². The third kappa shape index (κ3) is 5.38. The SMILES string of the molecule is CCN(CC)c1ccc(C=Cc2nn(-c3ccccc3)c(-c3ccc(N(CC)CC)cc3)c2C)cc1. The van der Waals surface area contributed by atoms with Gasteiger partial charge in [-0.25, -0.2) is 4.68 Å². The van der Waals surface area contributed by atoms with E-state index in [4.69, 9.17) is 5.10 Å². The van der Waals surface area contributed by atoms with Gasteiger partial charge >= 0.3 is 0 Å². The molecule has 0 radical (unpaired) electrons. The van der Waals surface area contributed by atoms with Crippen molar-refractivity contribution in [2.24, 2.45) is 0 Å². The van der Waals surface area contributed by atoms with E-state index in [1.165, 1.54) is 28.1 Å². The highest BCUT2D eigenvalue weighted by molar-refractivity contribution is 5.76. The summed E-state index contributed by atoms with van der Waals surface area (Å²) in [7, 11) is 0. The Morgan fingerprint density at radius 1 is 0.667 bits per heavy atom. The number of nitrogens with zero attached hydrogens (tertiary/aromatic N) is 4. The van der Waals surface area contributed by atoms with Gasteiger partial charge in [0.2, 0.25) is 0 Å². The van der Waals surface area contributed by atoms with Crippen LogP contribution in [0.5, 0.6) is 0 Å². The van der Waals surface area contributed by atoms with Crippen molar-refractivity contribution in [1.29, 1.82) is 0 Å². The third-order valence-electron chi connectivity index (χ3n) is 6.88. The van der Waals surface area contributed by atoms with Crippen molar-refractivity contribution in [1.82, 2.24) is 9.78 Å². The number of rotatable bonds is 10. The van der Waals surface area contributed by atoms with Gasteiger partial charge in [0.25, 0.3) is 0 Å². The standard InChI is InChI=1S/C32H38N4/c1-6-34(7-2)28-20-15-26(16-21-28)17-24-31-25(5)32(36(33-31)30-13-11-10-12-14-30)27-18-22-29(23-19-27)35(8-3)9-4/h10-24H,6-9H2,1-5H3. The first-order chi connectivity index (χ1) is 17.6. The molecule has 0 fully saturated rings. The average Bonchev–Trinajstić information content (AvgIpc) is 3.26. The normalized spacial score (nSPS) is 11.2. The highest BCUT2D eigenvalue weighted by Crippen LogP contribution is 2.31. The summed E-state index contributed by atoms with van der Waals surface area (Å²) in [4.78, 5) is 4.72. The van der Waals surface area contributed by atoms with Crippen LogP contribution >= 0.6 is 0 Å². The van der Waals surface area contributed by atoms with Crippen molar-refractivity contribution in [3.8, 4) is 16.9 Å². The molecule has 0 saturated carbocycles. The van der Waals surface area contributed by atoms with E-state index in [9.17, 15) is 0 Å². The summed E-state index contributed by atoms with van der Waals surface area (Å²) >= 11 is 0. The predicted octanol–water partition coefficient (Wildman–Crippen LogP) is 7.71. The van der Waals surface area contributed by atoms with E-state index in [2.05, 4.69) is 134 Å². The molecular formula is C32H38N4. The highest BCUT2D eigenvalue weighted by atomic mass is 15.3. The molecular weight excluding hydrogens is 440 g/mol. The van der Waals surface area contributed by atoms with Crippen LogP contribution in [-0.4, -0.2) is 36.0 Å². The van der Waals surface area contributed by atoms with Crippen LogP contribution in [0.25, 0.3) is 29.1 Å². The molecule has 186 valence electrons. The number of benzene rings is 3. The molecule has 0 amide bonds. The van der Waals surface area contributed by atoms with Crippen LogP contribution in [-0.2, 0) is 0 Å². The number of para-hydroxylation sites is 1. The molecule has 1 aromatic heterocycles. The predicted molar refractivity (Wildman–Crippen MR) is 156 cm³/mol. The summed E-state index contributed by atoms with van der Waals surface area (Å²) in [6.45, 7) is 15.0. The fourth-order valence-electron chi connectivity index (χ4n) is 4.75. The zero-order valence-corrected chi connectivity index (χ0v) is 22.3. The van der Waals surface area contributed by atoms with E-state index in [0.29, 0.717) is 0 Å². The minimum absolute atomic E-state index is 0.981. The molecule has 0 spiro atoms. The molecule has 4 rings (SSSR count). The molecule has 0 aliphatic rings. The maximum Gasteiger partial charge on any atom is 0.0891 e. The van der Waals surface area contributed by atoms with E-state index in [0.717, 1.165) is 43.3 Å². The first-order valence-corrected chi connectivity index (χ1v) is 13.1. The van der Waals surface area contributed by atoms with Crippen molar-refractivity contribution in [3.05, 3.63) is 95.7 Å². The van der Waals surface area contributed by atoms with E-state index in [-0.39, 0.29) is 0 Å². The van der Waals surface area contributed by atoms with Gasteiger partial charge < -0.3 is 9.80 Å². The molecule has 1 heterocycles. The summed E-state index contributed by atoms with van der Waals surface area (Å²) in [5, 5.41) is 5.04. The number of hydrogen-bond donors (Lipinski definition) is 0. The van der Waals surface area contributed by atoms with Crippen LogP contribution in [0.3, 0.4) is 0 Å². The van der Waals surface area contributed by atoms with Crippen molar-refractivity contribution in [3.63, 3.8) is 0 Å². The Morgan fingerprint density at radius 2 is 1.19 bits per heavy atom. The largest absolute Gasteiger partial charge is 0.372 e. The molecule has 36 heavy (non-hydrogen) atoms. The molecule has 4 aromatic rings. The van der Waals surface area contributed by atoms with Crippen molar-refractivity contribution < 1.29 is 0 Å². The molecule has 0 N–H and O–H groups in total. The molecule has 0 unspecified atom stereocenters. The number of hydrogen-bond acceptors (Lipinski definition) is 3. The molecule has 0 bridgehead atoms. The molecule has 0 aliphatic carbocycles. The quantitative estimate of drug-likeness (QED) is 0.233. The van der Waals surface area contributed by atoms with Crippen molar-refractivity contribution >= 4 is 23.5 Å². The maximum absolute atomic E-state index is 5.04. The third-order valence-corrected chi connectivity index (χ3v) is 6.88. The Balaban J connectivity index is 1.70. The fourth-order valence-corrected chi connectivity index (χ4v) is 4.75. The lowest BCUT2D eigenvalue weighted by atomic mass is 10.0. The van der Waals surface area contributed by atoms with E-state index >= 15 is 0 Å². The first-order valence-electron chi connectivity index (χ1n) is 13.1. The number of anilines is 2. The smallest absolute Gasteiger partial charge is 0.0891 e. The maximum atomic E-state index is 5.04. The minimum Gasteiger partial charge on any atom is -0.372 e. The second-order valence-electron chi connectivity index (χ2n) is 8.92. The molecule has 4 heteroatoms. The summed E-state index contributed by atoms with van der Waals surface area (Å²) in [6.07, 6.45) is 4.29. The van der Waals surface area contributed by atoms with Crippen LogP contribution in [0.2, 0.25) is 0 Å². The topological polar surface area (TPSA) is 24.3 Å². The molecule has 0 aliphatic heterocycles. The summed E-state index contributed by atoms with van der Waals surface area (Å²) < 4.78 is 2.07. The Hall–Kier alpha value is -3.79. The molecule has 4 nitrogen and oxygen atoms in total. The van der Waals surface area contributed by atoms with Gasteiger partial charge in [0.1, 0.15) is 0 Å². The molecule has 0 saturated heterocycles. The van der Waals surface area contributed by atoms with Gasteiger partial charge in [-0.05, 0) is 82.7 Å². The lowest BCUT2D eigenvalue weighted by molar-refractivity contribution is 0.865. The van der Waals surface area contributed by atoms with Gasteiger partial charge in [0.15, 0.2) is 0 Å². The van der Waals surface area contributed by atoms with Crippen LogP contribution < -0.4 is 9.80 Å². The average molecular weight is 479 g/mol. The van der Waals surface area contributed by atoms with Gasteiger partial charge in [0, 0.05) is 48.7 Å². The summed E-state index contributed by atoms with van der Waals surface area (Å²) in [5.74, 6) is 0. The van der Waals surface area contributed by atoms with Gasteiger partial charge in [-0.3, -0.25) is 0 Å². The van der Waals surface area contributed by atoms with E-state index in [1.807, 2.05) is 6.07 Å². The zero-order valence-electron chi connectivity index (χ0n) is 22.3. The Bertz CT molecular complexity index is 1260. The summed E-state index contributed by atoms with van der Waals surface area (Å²) in [6, 6.07) is 28.0. The first kappa shape index (κ1) is 25.3. The Morgan fingerprint density at radius 3 is 1.72 bits per heavy atom. The molecule has 0 atom stereocenters. The van der Waals surface area contributed by atoms with E-state index < -0.39 is 0 Å². The van der Waals surface area contributed by atoms with Gasteiger partial charge in [-0.2, -0.15) is 5.10 Å². The van der Waals surface area contributed by atoms with Gasteiger partial charge in [-0.1, -0.05) is 48.5 Å². The fraction of sp³-hybridized carbons (Fsp3) is 0.281. The Kier molecular flexibility index (Phi) is 8.27. The zero-order chi connectivity index (χ0) is 25.5. The van der Waals surface area contributed by atoms with Gasteiger partial charge in [-0.15, -0.1) is 0 Å². The highest BCUT2D eigenvalue weighted by Gasteiger charge is 2.16. The van der Waals surface area contributed by atoms with Crippen molar-refractivity contribution in [2.75, 3.05) is 36.0 Å². The monoisotopic (exact) mass is 478 g/mol. The van der Waals surface area contributed by atoms with Crippen LogP contribution in [0, 0.1) is 6.92 Å². The Labute approximate surface area is 216 Å². The van der Waals surface area contributed by atoms with Crippen LogP contribution in [0.1, 0.15) is 44.5 Å². The second kappa shape index (κ2) is 11.8. The minimum atomic E-state index is 0.981. The van der Waals surface area contributed by atoms with Crippen LogP contribution in [0.15, 0.2) is 78.9 Å². The lowest BCUT2D eigenvalue weighted by Gasteiger charge is -2.21. The number of aromatic nitrogens is 2. The van der Waals surface area contributed by atoms with Crippen molar-refractivity contribution in [2.45, 2.75) is 34.6 Å². The second-order valence-corrected chi connectivity index (χ2v) is 8.92.